The van der Waals surface area contributed by atoms with Crippen molar-refractivity contribution in [2.45, 2.75) is 12.7 Å². The Bertz CT molecular complexity index is 995. The Morgan fingerprint density at radius 3 is 2.55 bits per heavy atom. The van der Waals surface area contributed by atoms with E-state index in [1.807, 2.05) is 11.9 Å². The fraction of sp³-hybridized carbons (Fsp3) is 0.381. The third kappa shape index (κ3) is 5.51. The van der Waals surface area contributed by atoms with Crippen LogP contribution in [0.1, 0.15) is 27.0 Å². The molecule has 31 heavy (non-hydrogen) atoms. The number of benzene rings is 1. The molecule has 7 nitrogen and oxygen atoms in total. The number of halogens is 3. The van der Waals surface area contributed by atoms with Crippen LogP contribution in [0.4, 0.5) is 19.0 Å². The van der Waals surface area contributed by atoms with Gasteiger partial charge in [0.25, 0.3) is 5.91 Å². The molecule has 2 heterocycles. The largest absolute Gasteiger partial charge is 0.479 e. The van der Waals surface area contributed by atoms with Crippen LogP contribution in [0.15, 0.2) is 24.3 Å². The number of carbonyl (C=O) groups excluding carboxylic acids is 1. The van der Waals surface area contributed by atoms with Gasteiger partial charge in [-0.05, 0) is 24.7 Å². The molecule has 1 amide bonds. The molecule has 1 saturated heterocycles. The maximum atomic E-state index is 13.7. The molecule has 0 radical (unpaired) electrons. The Morgan fingerprint density at radius 1 is 1.23 bits per heavy atom. The van der Waals surface area contributed by atoms with Crippen molar-refractivity contribution in [3.8, 4) is 18.2 Å². The number of carbonyl (C=O) groups is 1. The average Bonchev–Trinajstić information content (AvgIpc) is 2.74. The summed E-state index contributed by atoms with van der Waals surface area (Å²) in [7, 11) is 3.34. The first-order valence-corrected chi connectivity index (χ1v) is 9.52. The number of piperazine rings is 1. The molecule has 0 aliphatic carbocycles. The molecule has 1 aliphatic rings. The van der Waals surface area contributed by atoms with Crippen molar-refractivity contribution in [1.82, 2.24) is 20.0 Å². The van der Waals surface area contributed by atoms with Crippen molar-refractivity contribution in [1.29, 1.82) is 0 Å². The Kier molecular flexibility index (Phi) is 6.77. The average molecular weight is 433 g/mol. The molecule has 0 saturated carbocycles. The van der Waals surface area contributed by atoms with Crippen molar-refractivity contribution in [2.24, 2.45) is 0 Å². The van der Waals surface area contributed by atoms with Crippen molar-refractivity contribution in [3.05, 3.63) is 46.5 Å². The van der Waals surface area contributed by atoms with E-state index in [2.05, 4.69) is 26.3 Å². The van der Waals surface area contributed by atoms with Gasteiger partial charge in [0.05, 0.1) is 18.2 Å². The monoisotopic (exact) mass is 433 g/mol. The molecule has 164 valence electrons. The molecule has 10 heteroatoms. The number of likely N-dealkylation sites (N-methyl/N-ethyl adjacent to an activating group) is 1. The van der Waals surface area contributed by atoms with Gasteiger partial charge < -0.3 is 15.0 Å². The van der Waals surface area contributed by atoms with E-state index in [9.17, 15) is 18.0 Å². The summed E-state index contributed by atoms with van der Waals surface area (Å²) < 4.78 is 46.1. The molecule has 0 spiro atoms. The Balaban J connectivity index is 1.81. The molecule has 0 unspecified atom stereocenters. The highest BCUT2D eigenvalue weighted by Gasteiger charge is 2.34. The fourth-order valence-corrected chi connectivity index (χ4v) is 3.25. The Hall–Kier alpha value is -3.16. The summed E-state index contributed by atoms with van der Waals surface area (Å²) >= 11 is 0. The van der Waals surface area contributed by atoms with Crippen molar-refractivity contribution in [2.75, 3.05) is 45.7 Å². The first kappa shape index (κ1) is 22.5. The molecule has 0 bridgehead atoms. The zero-order chi connectivity index (χ0) is 22.6. The van der Waals surface area contributed by atoms with Crippen LogP contribution < -0.4 is 10.1 Å². The Morgan fingerprint density at radius 2 is 1.94 bits per heavy atom. The van der Waals surface area contributed by atoms with Gasteiger partial charge in [-0.15, -0.1) is 16.6 Å². The first-order valence-electron chi connectivity index (χ1n) is 9.52. The lowest BCUT2D eigenvalue weighted by atomic mass is 10.0. The summed E-state index contributed by atoms with van der Waals surface area (Å²) in [5.74, 6) is 1.70. The van der Waals surface area contributed by atoms with Crippen LogP contribution in [-0.4, -0.2) is 66.2 Å². The predicted octanol–water partition coefficient (Wildman–Crippen LogP) is 2.49. The minimum atomic E-state index is -4.59. The zero-order valence-corrected chi connectivity index (χ0v) is 17.2. The van der Waals surface area contributed by atoms with Crippen molar-refractivity contribution in [3.63, 3.8) is 0 Å². The van der Waals surface area contributed by atoms with Crippen LogP contribution in [0.3, 0.4) is 0 Å². The molecule has 1 fully saturated rings. The normalized spacial score (nSPS) is 15.4. The maximum Gasteiger partial charge on any atom is 0.416 e. The summed E-state index contributed by atoms with van der Waals surface area (Å²) in [6.45, 7) is 3.13. The number of anilines is 1. The molecule has 1 N–H and O–H groups in total. The summed E-state index contributed by atoms with van der Waals surface area (Å²) in [4.78, 5) is 16.6. The number of alkyl halides is 3. The smallest absolute Gasteiger partial charge is 0.416 e. The second-order valence-electron chi connectivity index (χ2n) is 7.20. The number of methoxy groups -OCH3 is 1. The van der Waals surface area contributed by atoms with Gasteiger partial charge in [0, 0.05) is 44.4 Å². The predicted molar refractivity (Wildman–Crippen MR) is 109 cm³/mol. The molecule has 2 aromatic rings. The number of terminal acetylenes is 1. The molecular weight excluding hydrogens is 411 g/mol. The number of amides is 1. The molecule has 1 aromatic heterocycles. The minimum absolute atomic E-state index is 0.00817. The van der Waals surface area contributed by atoms with E-state index >= 15 is 0 Å². The van der Waals surface area contributed by atoms with Gasteiger partial charge in [0.1, 0.15) is 0 Å². The van der Waals surface area contributed by atoms with Gasteiger partial charge in [-0.3, -0.25) is 9.69 Å². The van der Waals surface area contributed by atoms with E-state index in [0.29, 0.717) is 13.1 Å². The first-order chi connectivity index (χ1) is 14.7. The molecular formula is C21H22F3N5O2. The van der Waals surface area contributed by atoms with Gasteiger partial charge >= 0.3 is 6.18 Å². The van der Waals surface area contributed by atoms with Crippen LogP contribution in [0, 0.1) is 12.3 Å². The number of nitrogens with one attached hydrogen (secondary N) is 1. The van der Waals surface area contributed by atoms with E-state index in [-0.39, 0.29) is 34.9 Å². The molecule has 1 aliphatic heterocycles. The summed E-state index contributed by atoms with van der Waals surface area (Å²) in [5, 5.41) is 9.92. The summed E-state index contributed by atoms with van der Waals surface area (Å²) in [6, 6.07) is 4.94. The second-order valence-corrected chi connectivity index (χ2v) is 7.20. The number of hydrogen-bond donors (Lipinski definition) is 1. The lowest BCUT2D eigenvalue weighted by molar-refractivity contribution is -0.138. The van der Waals surface area contributed by atoms with E-state index in [0.717, 1.165) is 19.2 Å². The van der Waals surface area contributed by atoms with Crippen molar-refractivity contribution < 1.29 is 22.7 Å². The quantitative estimate of drug-likeness (QED) is 0.731. The van der Waals surface area contributed by atoms with E-state index in [1.54, 1.807) is 0 Å². The number of nitrogens with zero attached hydrogens (tertiary/aromatic N) is 4. The number of rotatable bonds is 5. The Labute approximate surface area is 178 Å². The van der Waals surface area contributed by atoms with Gasteiger partial charge in [0.15, 0.2) is 5.82 Å². The summed E-state index contributed by atoms with van der Waals surface area (Å²) in [5.41, 5.74) is -0.586. The lowest BCUT2D eigenvalue weighted by Gasteiger charge is -2.33. The highest BCUT2D eigenvalue weighted by Crippen LogP contribution is 2.33. The molecule has 0 atom stereocenters. The van der Waals surface area contributed by atoms with Crippen LogP contribution >= 0.6 is 0 Å². The number of aromatic nitrogens is 2. The highest BCUT2D eigenvalue weighted by molar-refractivity contribution is 6.04. The fourth-order valence-electron chi connectivity index (χ4n) is 3.25. The number of ether oxygens (including phenoxy) is 1. The third-order valence-electron chi connectivity index (χ3n) is 5.02. The van der Waals surface area contributed by atoms with Crippen LogP contribution in [0.25, 0.3) is 0 Å². The molecule has 1 aromatic carbocycles. The number of hydrogen-bond acceptors (Lipinski definition) is 6. The van der Waals surface area contributed by atoms with Crippen molar-refractivity contribution >= 4 is 11.7 Å². The molecule has 3 rings (SSSR count). The topological polar surface area (TPSA) is 70.6 Å². The van der Waals surface area contributed by atoms with Gasteiger partial charge in [-0.1, -0.05) is 12.0 Å². The maximum absolute atomic E-state index is 13.7. The third-order valence-corrected chi connectivity index (χ3v) is 5.02. The minimum Gasteiger partial charge on any atom is -0.479 e. The second kappa shape index (κ2) is 9.32. The van der Waals surface area contributed by atoms with Gasteiger partial charge in [0.2, 0.25) is 5.88 Å². The zero-order valence-electron chi connectivity index (χ0n) is 17.2. The SMILES string of the molecule is C#Cc1cc(NC(=O)c2ccc(CN3CCN(C)CC3)c(C(F)(F)F)c2)nnc1OC. The van der Waals surface area contributed by atoms with Gasteiger partial charge in [-0.25, -0.2) is 0 Å². The van der Waals surface area contributed by atoms with E-state index < -0.39 is 17.6 Å². The van der Waals surface area contributed by atoms with E-state index in [4.69, 9.17) is 11.2 Å². The van der Waals surface area contributed by atoms with Crippen LogP contribution in [0.2, 0.25) is 0 Å². The summed E-state index contributed by atoms with van der Waals surface area (Å²) in [6.07, 6.45) is 0.775. The van der Waals surface area contributed by atoms with Crippen LogP contribution in [-0.2, 0) is 12.7 Å². The van der Waals surface area contributed by atoms with Crippen LogP contribution in [0.5, 0.6) is 5.88 Å². The standard InChI is InChI=1S/C21H22F3N5O2/c1-4-14-12-18(26-27-20(14)31-3)25-19(30)15-5-6-16(17(11-15)21(22,23)24)13-29-9-7-28(2)8-10-29/h1,5-6,11-12H,7-10,13H2,2-3H3,(H,25,26,30). The lowest BCUT2D eigenvalue weighted by Crippen LogP contribution is -2.44. The van der Waals surface area contributed by atoms with E-state index in [1.165, 1.54) is 25.3 Å². The van der Waals surface area contributed by atoms with Gasteiger partial charge in [-0.2, -0.15) is 13.2 Å². The highest BCUT2D eigenvalue weighted by atomic mass is 19.4.